The lowest BCUT2D eigenvalue weighted by Gasteiger charge is -2.01. The summed E-state index contributed by atoms with van der Waals surface area (Å²) in [6, 6.07) is 3.53. The van der Waals surface area contributed by atoms with E-state index in [0.29, 0.717) is 16.3 Å². The van der Waals surface area contributed by atoms with Crippen LogP contribution in [0.1, 0.15) is 18.8 Å². The van der Waals surface area contributed by atoms with Gasteiger partial charge in [0, 0.05) is 0 Å². The van der Waals surface area contributed by atoms with Crippen molar-refractivity contribution < 1.29 is 4.74 Å². The van der Waals surface area contributed by atoms with E-state index in [-0.39, 0.29) is 6.04 Å². The maximum Gasteiger partial charge on any atom is 0.139 e. The van der Waals surface area contributed by atoms with E-state index in [9.17, 15) is 0 Å². The first-order chi connectivity index (χ1) is 7.13. The molecule has 0 bridgehead atoms. The lowest BCUT2D eigenvalue weighted by atomic mass is 10.3. The predicted octanol–water partition coefficient (Wildman–Crippen LogP) is 2.24. The van der Waals surface area contributed by atoms with E-state index in [1.165, 1.54) is 0 Å². The summed E-state index contributed by atoms with van der Waals surface area (Å²) in [4.78, 5) is 7.44. The predicted molar refractivity (Wildman–Crippen MR) is 60.3 cm³/mol. The van der Waals surface area contributed by atoms with Crippen molar-refractivity contribution >= 4 is 22.6 Å². The van der Waals surface area contributed by atoms with Crippen LogP contribution in [0.25, 0.3) is 11.0 Å². The molecule has 0 fully saturated rings. The highest BCUT2D eigenvalue weighted by atomic mass is 35.5. The Balaban J connectivity index is 2.66. The highest BCUT2D eigenvalue weighted by Gasteiger charge is 2.12. The summed E-state index contributed by atoms with van der Waals surface area (Å²) in [5.41, 5.74) is 7.30. The van der Waals surface area contributed by atoms with Gasteiger partial charge in [-0.3, -0.25) is 0 Å². The molecule has 4 nitrogen and oxygen atoms in total. The molecule has 0 amide bonds. The van der Waals surface area contributed by atoms with E-state index >= 15 is 0 Å². The Bertz CT molecular complexity index is 493. The number of aromatic nitrogens is 2. The van der Waals surface area contributed by atoms with E-state index in [0.717, 1.165) is 11.3 Å². The summed E-state index contributed by atoms with van der Waals surface area (Å²) in [5.74, 6) is 1.34. The number of nitrogens with two attached hydrogens (primary N) is 1. The van der Waals surface area contributed by atoms with Gasteiger partial charge in [-0.2, -0.15) is 0 Å². The first-order valence-electron chi connectivity index (χ1n) is 4.61. The molecule has 15 heavy (non-hydrogen) atoms. The minimum Gasteiger partial charge on any atom is -0.495 e. The molecule has 1 unspecified atom stereocenters. The quantitative estimate of drug-likeness (QED) is 0.824. The van der Waals surface area contributed by atoms with Crippen molar-refractivity contribution in [3.63, 3.8) is 0 Å². The minimum absolute atomic E-state index is 0.139. The standard InChI is InChI=1S/C10H12ClN3O/c1-5(12)10-13-6-3-4-7(15-2)8(11)9(6)14-10/h3-5H,12H2,1-2H3,(H,13,14). The maximum absolute atomic E-state index is 6.11. The molecule has 0 saturated heterocycles. The number of H-pyrrole nitrogens is 1. The largest absolute Gasteiger partial charge is 0.495 e. The number of fused-ring (bicyclic) bond motifs is 1. The van der Waals surface area contributed by atoms with Gasteiger partial charge in [-0.25, -0.2) is 4.98 Å². The van der Waals surface area contributed by atoms with Crippen LogP contribution < -0.4 is 10.5 Å². The van der Waals surface area contributed by atoms with Crippen LogP contribution >= 0.6 is 11.6 Å². The molecule has 2 aromatic rings. The van der Waals surface area contributed by atoms with Crippen molar-refractivity contribution in [2.24, 2.45) is 5.73 Å². The molecule has 0 aliphatic carbocycles. The van der Waals surface area contributed by atoms with Gasteiger partial charge < -0.3 is 15.5 Å². The maximum atomic E-state index is 6.11. The van der Waals surface area contributed by atoms with Crippen LogP contribution in [0, 0.1) is 0 Å². The molecule has 3 N–H and O–H groups in total. The molecule has 1 aromatic carbocycles. The fourth-order valence-electron chi connectivity index (χ4n) is 1.42. The normalized spacial score (nSPS) is 13.1. The van der Waals surface area contributed by atoms with E-state index in [1.807, 2.05) is 13.0 Å². The monoisotopic (exact) mass is 225 g/mol. The van der Waals surface area contributed by atoms with E-state index < -0.39 is 0 Å². The molecule has 1 aromatic heterocycles. The summed E-state index contributed by atoms with van der Waals surface area (Å²) < 4.78 is 5.11. The number of hydrogen-bond donors (Lipinski definition) is 2. The van der Waals surface area contributed by atoms with E-state index in [4.69, 9.17) is 22.1 Å². The zero-order chi connectivity index (χ0) is 11.0. The van der Waals surface area contributed by atoms with Gasteiger partial charge in [0.05, 0.1) is 18.7 Å². The fraction of sp³-hybridized carbons (Fsp3) is 0.300. The number of nitrogens with one attached hydrogen (secondary N) is 1. The van der Waals surface area contributed by atoms with Crippen molar-refractivity contribution in [2.45, 2.75) is 13.0 Å². The SMILES string of the molecule is COc1ccc2[nH]c(C(C)N)nc2c1Cl. The Labute approximate surface area is 92.4 Å². The van der Waals surface area contributed by atoms with Gasteiger partial charge in [-0.15, -0.1) is 0 Å². The molecule has 0 aliphatic heterocycles. The van der Waals surface area contributed by atoms with Crippen LogP contribution in [0.2, 0.25) is 5.02 Å². The minimum atomic E-state index is -0.139. The van der Waals surface area contributed by atoms with Crippen LogP contribution in [0.15, 0.2) is 12.1 Å². The molecule has 0 spiro atoms. The van der Waals surface area contributed by atoms with E-state index in [1.54, 1.807) is 13.2 Å². The molecule has 2 rings (SSSR count). The molecule has 5 heteroatoms. The molecule has 1 atom stereocenters. The average molecular weight is 226 g/mol. The van der Waals surface area contributed by atoms with E-state index in [2.05, 4.69) is 9.97 Å². The molecular formula is C10H12ClN3O. The van der Waals surface area contributed by atoms with Gasteiger partial charge in [0.25, 0.3) is 0 Å². The smallest absolute Gasteiger partial charge is 0.139 e. The second-order valence-electron chi connectivity index (χ2n) is 3.39. The number of methoxy groups -OCH3 is 1. The summed E-state index contributed by atoms with van der Waals surface area (Å²) in [7, 11) is 1.58. The number of aromatic amines is 1. The Morgan fingerprint density at radius 2 is 2.27 bits per heavy atom. The first-order valence-corrected chi connectivity index (χ1v) is 4.99. The lowest BCUT2D eigenvalue weighted by molar-refractivity contribution is 0.415. The molecule has 0 aliphatic rings. The third kappa shape index (κ3) is 1.66. The second kappa shape index (κ2) is 3.72. The van der Waals surface area contributed by atoms with Crippen molar-refractivity contribution in [2.75, 3.05) is 7.11 Å². The third-order valence-electron chi connectivity index (χ3n) is 2.23. The Morgan fingerprint density at radius 1 is 1.53 bits per heavy atom. The van der Waals surface area contributed by atoms with Crippen molar-refractivity contribution in [3.8, 4) is 5.75 Å². The van der Waals surface area contributed by atoms with Crippen LogP contribution in [0.3, 0.4) is 0 Å². The number of halogens is 1. The molecular weight excluding hydrogens is 214 g/mol. The van der Waals surface area contributed by atoms with Crippen LogP contribution in [-0.4, -0.2) is 17.1 Å². The first kappa shape index (κ1) is 10.3. The zero-order valence-electron chi connectivity index (χ0n) is 8.54. The number of ether oxygens (including phenoxy) is 1. The molecule has 0 saturated carbocycles. The fourth-order valence-corrected chi connectivity index (χ4v) is 1.70. The van der Waals surface area contributed by atoms with Crippen molar-refractivity contribution in [1.82, 2.24) is 9.97 Å². The van der Waals surface area contributed by atoms with Crippen LogP contribution in [0.5, 0.6) is 5.75 Å². The number of rotatable bonds is 2. The topological polar surface area (TPSA) is 63.9 Å². The summed E-state index contributed by atoms with van der Waals surface area (Å²) in [5, 5.41) is 0.512. The van der Waals surface area contributed by atoms with Crippen LogP contribution in [-0.2, 0) is 0 Å². The van der Waals surface area contributed by atoms with Crippen LogP contribution in [0.4, 0.5) is 0 Å². The van der Waals surface area contributed by atoms with Crippen molar-refractivity contribution in [3.05, 3.63) is 23.0 Å². The van der Waals surface area contributed by atoms with Gasteiger partial charge in [0.2, 0.25) is 0 Å². The number of benzene rings is 1. The van der Waals surface area contributed by atoms with Gasteiger partial charge in [0.1, 0.15) is 22.1 Å². The molecule has 80 valence electrons. The summed E-state index contributed by atoms with van der Waals surface area (Å²) in [6.07, 6.45) is 0. The van der Waals surface area contributed by atoms with Gasteiger partial charge in [0.15, 0.2) is 0 Å². The highest BCUT2D eigenvalue weighted by Crippen LogP contribution is 2.31. The van der Waals surface area contributed by atoms with Gasteiger partial charge in [-0.1, -0.05) is 11.6 Å². The highest BCUT2D eigenvalue weighted by molar-refractivity contribution is 6.36. The zero-order valence-corrected chi connectivity index (χ0v) is 9.30. The third-order valence-corrected chi connectivity index (χ3v) is 2.59. The average Bonchev–Trinajstić information content (AvgIpc) is 2.63. The molecule has 1 heterocycles. The second-order valence-corrected chi connectivity index (χ2v) is 3.77. The van der Waals surface area contributed by atoms with Crippen molar-refractivity contribution in [1.29, 1.82) is 0 Å². The number of hydrogen-bond acceptors (Lipinski definition) is 3. The number of nitrogens with zero attached hydrogens (tertiary/aromatic N) is 1. The molecule has 0 radical (unpaired) electrons. The van der Waals surface area contributed by atoms with Gasteiger partial charge >= 0.3 is 0 Å². The Kier molecular flexibility index (Phi) is 2.54. The Hall–Kier alpha value is -1.26. The summed E-state index contributed by atoms with van der Waals surface area (Å²) >= 11 is 6.11. The van der Waals surface area contributed by atoms with Gasteiger partial charge in [-0.05, 0) is 19.1 Å². The Morgan fingerprint density at radius 3 is 2.87 bits per heavy atom. The summed E-state index contributed by atoms with van der Waals surface area (Å²) in [6.45, 7) is 1.86. The number of imidazole rings is 1. The lowest BCUT2D eigenvalue weighted by Crippen LogP contribution is -2.06.